The molecule has 0 aromatic heterocycles. The van der Waals surface area contributed by atoms with Crippen LogP contribution in [-0.4, -0.2) is 17.7 Å². The molecule has 0 amide bonds. The Balaban J connectivity index is 1.73. The summed E-state index contributed by atoms with van der Waals surface area (Å²) in [6, 6.07) is 8.23. The molecule has 1 saturated carbocycles. The predicted octanol–water partition coefficient (Wildman–Crippen LogP) is 3.35. The first-order chi connectivity index (χ1) is 8.65. The van der Waals surface area contributed by atoms with Gasteiger partial charge in [0.1, 0.15) is 5.75 Å². The van der Waals surface area contributed by atoms with Crippen LogP contribution in [0.1, 0.15) is 38.7 Å². The highest BCUT2D eigenvalue weighted by molar-refractivity contribution is 5.25. The van der Waals surface area contributed by atoms with Crippen LogP contribution < -0.4 is 5.32 Å². The third-order valence-corrected chi connectivity index (χ3v) is 4.19. The van der Waals surface area contributed by atoms with Crippen molar-refractivity contribution in [3.05, 3.63) is 29.8 Å². The molecule has 1 aromatic carbocycles. The summed E-state index contributed by atoms with van der Waals surface area (Å²) in [5.41, 5.74) is 1.29. The van der Waals surface area contributed by atoms with Crippen molar-refractivity contribution < 1.29 is 5.11 Å². The van der Waals surface area contributed by atoms with E-state index in [1.807, 2.05) is 12.1 Å². The van der Waals surface area contributed by atoms with Gasteiger partial charge in [0, 0.05) is 6.04 Å². The van der Waals surface area contributed by atoms with Crippen molar-refractivity contribution in [3.8, 4) is 5.75 Å². The second-order valence-electron chi connectivity index (χ2n) is 5.87. The van der Waals surface area contributed by atoms with E-state index in [4.69, 9.17) is 0 Å². The number of phenolic OH excluding ortho intramolecular Hbond substituents is 1. The van der Waals surface area contributed by atoms with Crippen LogP contribution in [0.25, 0.3) is 0 Å². The lowest BCUT2D eigenvalue weighted by Gasteiger charge is -2.33. The number of hydrogen-bond acceptors (Lipinski definition) is 2. The largest absolute Gasteiger partial charge is 0.508 e. The first kappa shape index (κ1) is 13.4. The number of hydrogen-bond donors (Lipinski definition) is 2. The summed E-state index contributed by atoms with van der Waals surface area (Å²) in [5.74, 6) is 2.05. The monoisotopic (exact) mass is 247 g/mol. The van der Waals surface area contributed by atoms with Gasteiger partial charge in [0.15, 0.2) is 0 Å². The lowest BCUT2D eigenvalue weighted by Crippen LogP contribution is -2.39. The van der Waals surface area contributed by atoms with E-state index in [-0.39, 0.29) is 0 Å². The first-order valence-corrected chi connectivity index (χ1v) is 7.16. The standard InChI is InChI=1S/C16H25NO/c1-12-3-8-16(13(2)11-12)17-10-9-14-4-6-15(18)7-5-14/h4-7,12-13,16-18H,3,8-11H2,1-2H3. The minimum Gasteiger partial charge on any atom is -0.508 e. The highest BCUT2D eigenvalue weighted by Crippen LogP contribution is 2.28. The fourth-order valence-corrected chi connectivity index (χ4v) is 3.03. The van der Waals surface area contributed by atoms with Crippen molar-refractivity contribution >= 4 is 0 Å². The fraction of sp³-hybridized carbons (Fsp3) is 0.625. The maximum atomic E-state index is 9.23. The highest BCUT2D eigenvalue weighted by atomic mass is 16.3. The van der Waals surface area contributed by atoms with E-state index in [2.05, 4.69) is 19.2 Å². The van der Waals surface area contributed by atoms with Crippen LogP contribution in [0.2, 0.25) is 0 Å². The Bertz CT molecular complexity index is 360. The Labute approximate surface area is 110 Å². The van der Waals surface area contributed by atoms with E-state index in [1.165, 1.54) is 24.8 Å². The number of rotatable bonds is 4. The summed E-state index contributed by atoms with van der Waals surface area (Å²) >= 11 is 0. The van der Waals surface area contributed by atoms with Crippen LogP contribution in [0, 0.1) is 11.8 Å². The van der Waals surface area contributed by atoms with E-state index >= 15 is 0 Å². The third kappa shape index (κ3) is 3.74. The molecule has 100 valence electrons. The molecular formula is C16H25NO. The molecule has 0 heterocycles. The number of aromatic hydroxyl groups is 1. The van der Waals surface area contributed by atoms with Gasteiger partial charge in [-0.3, -0.25) is 0 Å². The molecule has 1 aliphatic rings. The lowest BCUT2D eigenvalue weighted by atomic mass is 9.80. The maximum Gasteiger partial charge on any atom is 0.115 e. The zero-order valence-electron chi connectivity index (χ0n) is 11.5. The lowest BCUT2D eigenvalue weighted by molar-refractivity contribution is 0.229. The van der Waals surface area contributed by atoms with Gasteiger partial charge in [-0.05, 0) is 61.8 Å². The summed E-state index contributed by atoms with van der Waals surface area (Å²) in [6.07, 6.45) is 5.08. The SMILES string of the molecule is CC1CCC(NCCc2ccc(O)cc2)C(C)C1. The van der Waals surface area contributed by atoms with E-state index in [1.54, 1.807) is 12.1 Å². The molecule has 3 atom stereocenters. The van der Waals surface area contributed by atoms with Crippen LogP contribution in [0.5, 0.6) is 5.75 Å². The summed E-state index contributed by atoms with van der Waals surface area (Å²) in [5, 5.41) is 12.9. The number of benzene rings is 1. The molecule has 0 radical (unpaired) electrons. The second-order valence-corrected chi connectivity index (χ2v) is 5.87. The van der Waals surface area contributed by atoms with Crippen LogP contribution in [0.3, 0.4) is 0 Å². The predicted molar refractivity (Wildman–Crippen MR) is 75.8 cm³/mol. The molecule has 2 nitrogen and oxygen atoms in total. The fourth-order valence-electron chi connectivity index (χ4n) is 3.03. The summed E-state index contributed by atoms with van der Waals surface area (Å²) in [7, 11) is 0. The first-order valence-electron chi connectivity index (χ1n) is 7.16. The maximum absolute atomic E-state index is 9.23. The van der Waals surface area contributed by atoms with Gasteiger partial charge in [0.05, 0.1) is 0 Å². The summed E-state index contributed by atoms with van der Waals surface area (Å²) in [4.78, 5) is 0. The van der Waals surface area contributed by atoms with Crippen LogP contribution in [0.15, 0.2) is 24.3 Å². The number of nitrogens with one attached hydrogen (secondary N) is 1. The molecular weight excluding hydrogens is 222 g/mol. The molecule has 2 rings (SSSR count). The zero-order valence-corrected chi connectivity index (χ0v) is 11.5. The van der Waals surface area contributed by atoms with Gasteiger partial charge < -0.3 is 10.4 Å². The topological polar surface area (TPSA) is 32.3 Å². The minimum atomic E-state index is 0.349. The molecule has 0 saturated heterocycles. The van der Waals surface area contributed by atoms with E-state index in [0.29, 0.717) is 11.8 Å². The van der Waals surface area contributed by atoms with Crippen molar-refractivity contribution in [1.29, 1.82) is 0 Å². The molecule has 0 aliphatic heterocycles. The van der Waals surface area contributed by atoms with Gasteiger partial charge in [0.25, 0.3) is 0 Å². The molecule has 0 spiro atoms. The van der Waals surface area contributed by atoms with Crippen LogP contribution in [-0.2, 0) is 6.42 Å². The summed E-state index contributed by atoms with van der Waals surface area (Å²) in [6.45, 7) is 5.77. The van der Waals surface area contributed by atoms with Crippen molar-refractivity contribution in [1.82, 2.24) is 5.32 Å². The normalized spacial score (nSPS) is 28.2. The molecule has 0 bridgehead atoms. The molecule has 2 N–H and O–H groups in total. The molecule has 1 aliphatic carbocycles. The van der Waals surface area contributed by atoms with E-state index in [0.717, 1.165) is 24.8 Å². The average molecular weight is 247 g/mol. The molecule has 2 heteroatoms. The van der Waals surface area contributed by atoms with Gasteiger partial charge in [-0.2, -0.15) is 0 Å². The number of phenols is 1. The van der Waals surface area contributed by atoms with Gasteiger partial charge >= 0.3 is 0 Å². The Kier molecular flexibility index (Phi) is 4.65. The van der Waals surface area contributed by atoms with Crippen molar-refractivity contribution in [2.24, 2.45) is 11.8 Å². The van der Waals surface area contributed by atoms with Gasteiger partial charge in [-0.15, -0.1) is 0 Å². The smallest absolute Gasteiger partial charge is 0.115 e. The highest BCUT2D eigenvalue weighted by Gasteiger charge is 2.24. The van der Waals surface area contributed by atoms with E-state index < -0.39 is 0 Å². The Morgan fingerprint density at radius 2 is 1.89 bits per heavy atom. The van der Waals surface area contributed by atoms with Gasteiger partial charge in [-0.1, -0.05) is 26.0 Å². The van der Waals surface area contributed by atoms with Crippen LogP contribution >= 0.6 is 0 Å². The molecule has 1 fully saturated rings. The average Bonchev–Trinajstić information content (AvgIpc) is 2.34. The summed E-state index contributed by atoms with van der Waals surface area (Å²) < 4.78 is 0. The Hall–Kier alpha value is -1.02. The Morgan fingerprint density at radius 3 is 2.56 bits per heavy atom. The molecule has 3 unspecified atom stereocenters. The van der Waals surface area contributed by atoms with Crippen molar-refractivity contribution in [2.45, 2.75) is 45.6 Å². The molecule has 1 aromatic rings. The van der Waals surface area contributed by atoms with E-state index in [9.17, 15) is 5.11 Å². The third-order valence-electron chi connectivity index (χ3n) is 4.19. The zero-order chi connectivity index (χ0) is 13.0. The van der Waals surface area contributed by atoms with Crippen LogP contribution in [0.4, 0.5) is 0 Å². The van der Waals surface area contributed by atoms with Crippen molar-refractivity contribution in [2.75, 3.05) is 6.54 Å². The quantitative estimate of drug-likeness (QED) is 0.855. The second kappa shape index (κ2) is 6.24. The van der Waals surface area contributed by atoms with Gasteiger partial charge in [-0.25, -0.2) is 0 Å². The van der Waals surface area contributed by atoms with Gasteiger partial charge in [0.2, 0.25) is 0 Å². The van der Waals surface area contributed by atoms with Crippen molar-refractivity contribution in [3.63, 3.8) is 0 Å². The minimum absolute atomic E-state index is 0.349. The molecule has 18 heavy (non-hydrogen) atoms. The Morgan fingerprint density at radius 1 is 1.17 bits per heavy atom.